The van der Waals surface area contributed by atoms with Crippen LogP contribution in [0.1, 0.15) is 55.8 Å². The van der Waals surface area contributed by atoms with Crippen molar-refractivity contribution in [1.29, 1.82) is 0 Å². The molecule has 0 bridgehead atoms. The zero-order valence-electron chi connectivity index (χ0n) is 14.2. The van der Waals surface area contributed by atoms with Crippen molar-refractivity contribution >= 4 is 17.8 Å². The van der Waals surface area contributed by atoms with Crippen LogP contribution >= 0.6 is 0 Å². The third kappa shape index (κ3) is 4.00. The summed E-state index contributed by atoms with van der Waals surface area (Å²) >= 11 is 0. The van der Waals surface area contributed by atoms with Gasteiger partial charge in [-0.2, -0.15) is 0 Å². The molecule has 2 rings (SSSR count). The standard InChI is InChI=1S/C18H24N2O4/c1-3-4-5-17(22)20-16(11-24-18(20)23)13-6-7-14(10-19)15(9-13)8-12(2)21/h6-7,9,16H,3-5,8,10-11,19H2,1-2H3. The number of cyclic esters (lactones) is 1. The monoisotopic (exact) mass is 332 g/mol. The normalized spacial score (nSPS) is 17.0. The predicted molar refractivity (Wildman–Crippen MR) is 89.2 cm³/mol. The van der Waals surface area contributed by atoms with E-state index in [1.54, 1.807) is 0 Å². The first-order valence-electron chi connectivity index (χ1n) is 8.28. The van der Waals surface area contributed by atoms with E-state index in [4.69, 9.17) is 10.5 Å². The van der Waals surface area contributed by atoms with Crippen molar-refractivity contribution in [3.63, 3.8) is 0 Å². The minimum Gasteiger partial charge on any atom is -0.446 e. The van der Waals surface area contributed by atoms with Crippen molar-refractivity contribution in [2.75, 3.05) is 6.61 Å². The van der Waals surface area contributed by atoms with Gasteiger partial charge < -0.3 is 10.5 Å². The summed E-state index contributed by atoms with van der Waals surface area (Å²) in [5.41, 5.74) is 8.25. The summed E-state index contributed by atoms with van der Waals surface area (Å²) in [6.45, 7) is 3.99. The molecule has 1 atom stereocenters. The highest BCUT2D eigenvalue weighted by Gasteiger charge is 2.38. The number of rotatable bonds is 7. The molecule has 1 aliphatic heterocycles. The molecule has 1 heterocycles. The van der Waals surface area contributed by atoms with Crippen molar-refractivity contribution in [1.82, 2.24) is 4.90 Å². The molecule has 1 aromatic carbocycles. The molecule has 0 spiro atoms. The van der Waals surface area contributed by atoms with Gasteiger partial charge >= 0.3 is 6.09 Å². The number of hydrogen-bond donors (Lipinski definition) is 1. The number of carbonyl (C=O) groups excluding carboxylic acids is 3. The van der Waals surface area contributed by atoms with Crippen LogP contribution in [-0.4, -0.2) is 29.3 Å². The Hall–Kier alpha value is -2.21. The SMILES string of the molecule is CCCCC(=O)N1C(=O)OCC1c1ccc(CN)c(CC(C)=O)c1. The number of hydrogen-bond acceptors (Lipinski definition) is 5. The Morgan fingerprint density at radius 3 is 2.71 bits per heavy atom. The molecule has 6 nitrogen and oxygen atoms in total. The van der Waals surface area contributed by atoms with E-state index in [0.717, 1.165) is 29.5 Å². The number of imide groups is 1. The zero-order valence-corrected chi connectivity index (χ0v) is 14.2. The first-order valence-corrected chi connectivity index (χ1v) is 8.28. The molecule has 2 N–H and O–H groups in total. The molecule has 1 aromatic rings. The lowest BCUT2D eigenvalue weighted by atomic mass is 9.96. The van der Waals surface area contributed by atoms with Crippen LogP contribution in [0.2, 0.25) is 0 Å². The summed E-state index contributed by atoms with van der Waals surface area (Å²) in [5, 5.41) is 0. The highest BCUT2D eigenvalue weighted by atomic mass is 16.6. The van der Waals surface area contributed by atoms with E-state index in [1.807, 2.05) is 25.1 Å². The lowest BCUT2D eigenvalue weighted by molar-refractivity contribution is -0.129. The van der Waals surface area contributed by atoms with Gasteiger partial charge in [-0.25, -0.2) is 9.69 Å². The third-order valence-electron chi connectivity index (χ3n) is 4.16. The van der Waals surface area contributed by atoms with Gasteiger partial charge in [-0.1, -0.05) is 31.5 Å². The number of nitrogens with two attached hydrogens (primary N) is 1. The Morgan fingerprint density at radius 2 is 2.08 bits per heavy atom. The molecule has 24 heavy (non-hydrogen) atoms. The molecule has 6 heteroatoms. The number of Topliss-reactive ketones (excluding diaryl/α,β-unsaturated/α-hetero) is 1. The molecule has 0 aliphatic carbocycles. The average Bonchev–Trinajstić information content (AvgIpc) is 2.93. The fourth-order valence-electron chi connectivity index (χ4n) is 2.88. The lowest BCUT2D eigenvalue weighted by Crippen LogP contribution is -2.34. The quantitative estimate of drug-likeness (QED) is 0.828. The number of amides is 2. The average molecular weight is 332 g/mol. The fraction of sp³-hybridized carbons (Fsp3) is 0.500. The molecule has 1 unspecified atom stereocenters. The van der Waals surface area contributed by atoms with Gasteiger partial charge in [0, 0.05) is 19.4 Å². The van der Waals surface area contributed by atoms with Gasteiger partial charge in [0.05, 0.1) is 0 Å². The van der Waals surface area contributed by atoms with E-state index in [-0.39, 0.29) is 24.7 Å². The lowest BCUT2D eigenvalue weighted by Gasteiger charge is -2.21. The van der Waals surface area contributed by atoms with Gasteiger partial charge in [0.2, 0.25) is 5.91 Å². The van der Waals surface area contributed by atoms with Gasteiger partial charge in [0.1, 0.15) is 18.4 Å². The molecule has 1 saturated heterocycles. The van der Waals surface area contributed by atoms with E-state index < -0.39 is 12.1 Å². The van der Waals surface area contributed by atoms with Crippen molar-refractivity contribution in [3.05, 3.63) is 34.9 Å². The van der Waals surface area contributed by atoms with Crippen LogP contribution in [0, 0.1) is 0 Å². The maximum Gasteiger partial charge on any atom is 0.417 e. The summed E-state index contributed by atoms with van der Waals surface area (Å²) in [6, 6.07) is 5.11. The number of nitrogens with zero attached hydrogens (tertiary/aromatic N) is 1. The highest BCUT2D eigenvalue weighted by Crippen LogP contribution is 2.30. The summed E-state index contributed by atoms with van der Waals surface area (Å²) in [5.74, 6) is -0.183. The van der Waals surface area contributed by atoms with Gasteiger partial charge in [-0.15, -0.1) is 0 Å². The van der Waals surface area contributed by atoms with Crippen LogP contribution in [0.25, 0.3) is 0 Å². The molecular weight excluding hydrogens is 308 g/mol. The van der Waals surface area contributed by atoms with Gasteiger partial charge in [0.25, 0.3) is 0 Å². The smallest absolute Gasteiger partial charge is 0.417 e. The Kier molecular flexibility index (Phi) is 6.09. The molecule has 0 radical (unpaired) electrons. The molecule has 0 saturated carbocycles. The van der Waals surface area contributed by atoms with Gasteiger partial charge in [-0.3, -0.25) is 9.59 Å². The first-order chi connectivity index (χ1) is 11.5. The number of benzene rings is 1. The molecule has 1 aliphatic rings. The van der Waals surface area contributed by atoms with E-state index in [2.05, 4.69) is 0 Å². The van der Waals surface area contributed by atoms with E-state index in [1.165, 1.54) is 11.8 Å². The topological polar surface area (TPSA) is 89.7 Å². The predicted octanol–water partition coefficient (Wildman–Crippen LogP) is 2.49. The minimum atomic E-state index is -0.600. The molecule has 2 amide bonds. The second-order valence-electron chi connectivity index (χ2n) is 6.07. The van der Waals surface area contributed by atoms with Gasteiger partial charge in [-0.05, 0) is 30.0 Å². The Morgan fingerprint density at radius 1 is 1.33 bits per heavy atom. The molecular formula is C18H24N2O4. The number of carbonyl (C=O) groups is 3. The fourth-order valence-corrected chi connectivity index (χ4v) is 2.88. The highest BCUT2D eigenvalue weighted by molar-refractivity contribution is 5.93. The largest absolute Gasteiger partial charge is 0.446 e. The Labute approximate surface area is 142 Å². The minimum absolute atomic E-state index is 0.0384. The molecule has 130 valence electrons. The second-order valence-corrected chi connectivity index (χ2v) is 6.07. The van der Waals surface area contributed by atoms with Crippen LogP contribution in [0.3, 0.4) is 0 Å². The van der Waals surface area contributed by atoms with Crippen molar-refractivity contribution in [2.45, 2.75) is 52.1 Å². The maximum atomic E-state index is 12.3. The van der Waals surface area contributed by atoms with Crippen LogP contribution in [-0.2, 0) is 27.3 Å². The Bertz CT molecular complexity index is 642. The number of ether oxygens (including phenoxy) is 1. The van der Waals surface area contributed by atoms with Crippen molar-refractivity contribution < 1.29 is 19.1 Å². The summed E-state index contributed by atoms with van der Waals surface area (Å²) < 4.78 is 5.09. The van der Waals surface area contributed by atoms with Crippen LogP contribution in [0.15, 0.2) is 18.2 Å². The van der Waals surface area contributed by atoms with Crippen molar-refractivity contribution in [3.8, 4) is 0 Å². The zero-order chi connectivity index (χ0) is 17.7. The van der Waals surface area contributed by atoms with E-state index in [0.29, 0.717) is 13.0 Å². The third-order valence-corrected chi connectivity index (χ3v) is 4.16. The summed E-state index contributed by atoms with van der Waals surface area (Å²) in [7, 11) is 0. The summed E-state index contributed by atoms with van der Waals surface area (Å²) in [4.78, 5) is 37.0. The van der Waals surface area contributed by atoms with Gasteiger partial charge in [0.15, 0.2) is 0 Å². The van der Waals surface area contributed by atoms with Crippen molar-refractivity contribution in [2.24, 2.45) is 5.73 Å². The molecule has 0 aromatic heterocycles. The van der Waals surface area contributed by atoms with Crippen LogP contribution in [0.4, 0.5) is 4.79 Å². The van der Waals surface area contributed by atoms with E-state index >= 15 is 0 Å². The van der Waals surface area contributed by atoms with Crippen LogP contribution in [0.5, 0.6) is 0 Å². The molecule has 1 fully saturated rings. The number of ketones is 1. The van der Waals surface area contributed by atoms with E-state index in [9.17, 15) is 14.4 Å². The van der Waals surface area contributed by atoms with Crippen LogP contribution < -0.4 is 5.73 Å². The maximum absolute atomic E-state index is 12.3. The first kappa shape index (κ1) is 18.1. The second kappa shape index (κ2) is 8.06. The number of unbranched alkanes of at least 4 members (excludes halogenated alkanes) is 1. The summed E-state index contributed by atoms with van der Waals surface area (Å²) in [6.07, 6.45) is 1.62. The Balaban J connectivity index is 2.29.